The maximum atomic E-state index is 13.9. The first-order chi connectivity index (χ1) is 12.6. The number of halogens is 1. The lowest BCUT2D eigenvalue weighted by molar-refractivity contribution is 0.0953. The number of rotatable bonds is 6. The number of carbonyl (C=O) groups excluding carboxylic acids is 2. The molecule has 0 saturated heterocycles. The maximum absolute atomic E-state index is 13.9. The molecule has 0 unspecified atom stereocenters. The molecule has 2 amide bonds. The Labute approximate surface area is 156 Å². The van der Waals surface area contributed by atoms with E-state index in [0.29, 0.717) is 17.1 Å². The summed E-state index contributed by atoms with van der Waals surface area (Å²) < 4.78 is 13.9. The predicted molar refractivity (Wildman–Crippen MR) is 103 cm³/mol. The average Bonchev–Trinajstić information content (AvgIpc) is 3.00. The zero-order valence-electron chi connectivity index (χ0n) is 14.9. The van der Waals surface area contributed by atoms with Gasteiger partial charge in [-0.05, 0) is 49.8 Å². The van der Waals surface area contributed by atoms with E-state index in [1.54, 1.807) is 12.1 Å². The molecule has 2 aromatic rings. The van der Waals surface area contributed by atoms with Gasteiger partial charge in [0, 0.05) is 11.4 Å². The summed E-state index contributed by atoms with van der Waals surface area (Å²) in [5.74, 6) is -1.24. The summed E-state index contributed by atoms with van der Waals surface area (Å²) in [6.07, 6.45) is 5.81. The van der Waals surface area contributed by atoms with E-state index in [1.165, 1.54) is 23.5 Å². The van der Waals surface area contributed by atoms with Crippen molar-refractivity contribution < 1.29 is 14.0 Å². The fraction of sp³-hybridized carbons (Fsp3) is 0.400. The molecule has 0 atom stereocenters. The predicted octanol–water partition coefficient (Wildman–Crippen LogP) is 4.55. The van der Waals surface area contributed by atoms with Crippen LogP contribution in [0.25, 0.3) is 0 Å². The first-order valence-electron chi connectivity index (χ1n) is 9.10. The summed E-state index contributed by atoms with van der Waals surface area (Å²) >= 11 is 1.44. The lowest BCUT2D eigenvalue weighted by atomic mass is 9.95. The Morgan fingerprint density at radius 1 is 1.15 bits per heavy atom. The third-order valence-electron chi connectivity index (χ3n) is 4.56. The minimum Gasteiger partial charge on any atom is -0.352 e. The number of nitrogens with one attached hydrogen (secondary N) is 2. The summed E-state index contributed by atoms with van der Waals surface area (Å²) in [5, 5.41) is 6.25. The molecule has 1 aromatic carbocycles. The van der Waals surface area contributed by atoms with Gasteiger partial charge < -0.3 is 10.6 Å². The van der Waals surface area contributed by atoms with Crippen molar-refractivity contribution in [1.29, 1.82) is 0 Å². The molecule has 0 bridgehead atoms. The Kier molecular flexibility index (Phi) is 6.04. The average molecular weight is 374 g/mol. The van der Waals surface area contributed by atoms with Crippen LogP contribution in [0.3, 0.4) is 0 Å². The molecule has 1 heterocycles. The molecule has 6 heteroatoms. The van der Waals surface area contributed by atoms with Crippen molar-refractivity contribution in [3.8, 4) is 0 Å². The number of hydrogen-bond acceptors (Lipinski definition) is 3. The van der Waals surface area contributed by atoms with Gasteiger partial charge in [-0.2, -0.15) is 0 Å². The van der Waals surface area contributed by atoms with E-state index in [9.17, 15) is 14.0 Å². The zero-order valence-corrected chi connectivity index (χ0v) is 15.7. The van der Waals surface area contributed by atoms with Gasteiger partial charge >= 0.3 is 0 Å². The second kappa shape index (κ2) is 8.45. The molecule has 2 N–H and O–H groups in total. The van der Waals surface area contributed by atoms with Crippen LogP contribution in [-0.2, 0) is 12.8 Å². The molecule has 0 saturated carbocycles. The van der Waals surface area contributed by atoms with E-state index in [-0.39, 0.29) is 11.5 Å². The number of unbranched alkanes of at least 4 members (excludes halogenated alkanes) is 1. The minimum absolute atomic E-state index is 0.0174. The molecule has 4 nitrogen and oxygen atoms in total. The minimum atomic E-state index is -0.569. The molecule has 0 spiro atoms. The number of hydrogen-bond donors (Lipinski definition) is 2. The van der Waals surface area contributed by atoms with Gasteiger partial charge in [0.1, 0.15) is 10.8 Å². The number of aryl methyl sites for hydroxylation is 1. The second-order valence-corrected chi connectivity index (χ2v) is 7.56. The summed E-state index contributed by atoms with van der Waals surface area (Å²) in [5.41, 5.74) is 1.58. The number of thiophene rings is 1. The van der Waals surface area contributed by atoms with Gasteiger partial charge in [0.15, 0.2) is 0 Å². The van der Waals surface area contributed by atoms with Crippen LogP contribution >= 0.6 is 11.3 Å². The van der Waals surface area contributed by atoms with E-state index in [0.717, 1.165) is 49.0 Å². The topological polar surface area (TPSA) is 58.2 Å². The Morgan fingerprint density at radius 2 is 1.92 bits per heavy atom. The van der Waals surface area contributed by atoms with E-state index in [1.807, 2.05) is 0 Å². The molecular formula is C20H23FN2O2S. The lowest BCUT2D eigenvalue weighted by Crippen LogP contribution is -2.26. The van der Waals surface area contributed by atoms with Crippen molar-refractivity contribution in [2.45, 2.75) is 45.4 Å². The van der Waals surface area contributed by atoms with Crippen LogP contribution < -0.4 is 10.6 Å². The highest BCUT2D eigenvalue weighted by atomic mass is 32.1. The highest BCUT2D eigenvalue weighted by molar-refractivity contribution is 7.17. The van der Waals surface area contributed by atoms with Crippen LogP contribution in [0, 0.1) is 5.82 Å². The van der Waals surface area contributed by atoms with Crippen molar-refractivity contribution in [1.82, 2.24) is 5.32 Å². The zero-order chi connectivity index (χ0) is 18.5. The Hall–Kier alpha value is -2.21. The number of fused-ring (bicyclic) bond motifs is 1. The van der Waals surface area contributed by atoms with E-state index in [4.69, 9.17) is 0 Å². The molecular weight excluding hydrogens is 351 g/mol. The SMILES string of the molecule is CCCCNC(=O)c1c(NC(=O)c2ccccc2F)sc2c1CCCC2. The summed E-state index contributed by atoms with van der Waals surface area (Å²) in [6.45, 7) is 2.68. The molecule has 0 fully saturated rings. The van der Waals surface area contributed by atoms with Gasteiger partial charge in [-0.1, -0.05) is 25.5 Å². The van der Waals surface area contributed by atoms with E-state index >= 15 is 0 Å². The Morgan fingerprint density at radius 3 is 2.69 bits per heavy atom. The van der Waals surface area contributed by atoms with Gasteiger partial charge in [0.05, 0.1) is 11.1 Å². The lowest BCUT2D eigenvalue weighted by Gasteiger charge is -2.13. The standard InChI is InChI=1S/C20H23FN2O2S/c1-2-3-12-22-19(25)17-14-9-5-7-11-16(14)26-20(17)23-18(24)13-8-4-6-10-15(13)21/h4,6,8,10H,2-3,5,7,9,11-12H2,1H3,(H,22,25)(H,23,24). The van der Waals surface area contributed by atoms with Gasteiger partial charge in [-0.3, -0.25) is 9.59 Å². The van der Waals surface area contributed by atoms with Crippen LogP contribution in [0.5, 0.6) is 0 Å². The molecule has 26 heavy (non-hydrogen) atoms. The van der Waals surface area contributed by atoms with E-state index < -0.39 is 11.7 Å². The third kappa shape index (κ3) is 3.96. The largest absolute Gasteiger partial charge is 0.352 e. The first kappa shape index (κ1) is 18.6. The van der Waals surface area contributed by atoms with Crippen LogP contribution in [0.15, 0.2) is 24.3 Å². The van der Waals surface area contributed by atoms with Crippen molar-refractivity contribution in [2.75, 3.05) is 11.9 Å². The first-order valence-corrected chi connectivity index (χ1v) is 9.92. The fourth-order valence-electron chi connectivity index (χ4n) is 3.18. The Bertz CT molecular complexity index is 816. The normalized spacial score (nSPS) is 13.2. The van der Waals surface area contributed by atoms with E-state index in [2.05, 4.69) is 17.6 Å². The van der Waals surface area contributed by atoms with Crippen molar-refractivity contribution >= 4 is 28.2 Å². The third-order valence-corrected chi connectivity index (χ3v) is 5.77. The van der Waals surface area contributed by atoms with Crippen LogP contribution in [-0.4, -0.2) is 18.4 Å². The monoisotopic (exact) mass is 374 g/mol. The second-order valence-electron chi connectivity index (χ2n) is 6.46. The fourth-order valence-corrected chi connectivity index (χ4v) is 4.46. The smallest absolute Gasteiger partial charge is 0.259 e. The van der Waals surface area contributed by atoms with Gasteiger partial charge in [-0.15, -0.1) is 11.3 Å². The quantitative estimate of drug-likeness (QED) is 0.729. The van der Waals surface area contributed by atoms with Crippen LogP contribution in [0.4, 0.5) is 9.39 Å². The van der Waals surface area contributed by atoms with Crippen LogP contribution in [0.1, 0.15) is 63.8 Å². The summed E-state index contributed by atoms with van der Waals surface area (Å²) in [7, 11) is 0. The van der Waals surface area contributed by atoms with Gasteiger partial charge in [-0.25, -0.2) is 4.39 Å². The van der Waals surface area contributed by atoms with Crippen molar-refractivity contribution in [3.05, 3.63) is 51.7 Å². The van der Waals surface area contributed by atoms with Gasteiger partial charge in [0.25, 0.3) is 11.8 Å². The highest BCUT2D eigenvalue weighted by Gasteiger charge is 2.26. The molecule has 3 rings (SSSR count). The Balaban J connectivity index is 1.88. The molecule has 138 valence electrons. The number of carbonyl (C=O) groups is 2. The summed E-state index contributed by atoms with van der Waals surface area (Å²) in [6, 6.07) is 5.87. The number of amides is 2. The van der Waals surface area contributed by atoms with Crippen molar-refractivity contribution in [2.24, 2.45) is 0 Å². The maximum Gasteiger partial charge on any atom is 0.259 e. The molecule has 1 aromatic heterocycles. The highest BCUT2D eigenvalue weighted by Crippen LogP contribution is 2.38. The molecule has 0 radical (unpaired) electrons. The molecule has 1 aliphatic rings. The van der Waals surface area contributed by atoms with Crippen molar-refractivity contribution in [3.63, 3.8) is 0 Å². The number of anilines is 1. The summed E-state index contributed by atoms with van der Waals surface area (Å²) in [4.78, 5) is 26.4. The number of benzene rings is 1. The molecule has 0 aliphatic heterocycles. The van der Waals surface area contributed by atoms with Crippen LogP contribution in [0.2, 0.25) is 0 Å². The van der Waals surface area contributed by atoms with Gasteiger partial charge in [0.2, 0.25) is 0 Å². The molecule has 1 aliphatic carbocycles.